The highest BCUT2D eigenvalue weighted by atomic mass is 16.2. The van der Waals surface area contributed by atoms with Crippen molar-refractivity contribution in [3.8, 4) is 0 Å². The summed E-state index contributed by atoms with van der Waals surface area (Å²) >= 11 is 0. The van der Waals surface area contributed by atoms with E-state index in [9.17, 15) is 9.59 Å². The summed E-state index contributed by atoms with van der Waals surface area (Å²) in [5.41, 5.74) is 2.63. The highest BCUT2D eigenvalue weighted by molar-refractivity contribution is 6.07. The van der Waals surface area contributed by atoms with Crippen LogP contribution < -0.4 is 5.32 Å². The highest BCUT2D eigenvalue weighted by Gasteiger charge is 2.43. The molecule has 1 aromatic heterocycles. The number of hydrogen-bond donors (Lipinski definition) is 1. The van der Waals surface area contributed by atoms with Crippen LogP contribution in [0.15, 0.2) is 12.1 Å². The summed E-state index contributed by atoms with van der Waals surface area (Å²) in [6.07, 6.45) is 4.38. The smallest absolute Gasteiger partial charge is 0.252 e. The number of imide groups is 1. The van der Waals surface area contributed by atoms with Gasteiger partial charge in [0, 0.05) is 11.7 Å². The average molecular weight is 287 g/mol. The monoisotopic (exact) mass is 287 g/mol. The fourth-order valence-electron chi connectivity index (χ4n) is 3.34. The third-order valence-corrected chi connectivity index (χ3v) is 4.43. The van der Waals surface area contributed by atoms with E-state index < -0.39 is 6.04 Å². The van der Waals surface area contributed by atoms with E-state index in [1.165, 1.54) is 4.90 Å². The van der Waals surface area contributed by atoms with Gasteiger partial charge in [-0.1, -0.05) is 12.8 Å². The van der Waals surface area contributed by atoms with Crippen LogP contribution in [-0.2, 0) is 9.59 Å². The molecule has 1 aliphatic carbocycles. The first kappa shape index (κ1) is 14.0. The van der Waals surface area contributed by atoms with Gasteiger partial charge in [-0.25, -0.2) is 0 Å². The lowest BCUT2D eigenvalue weighted by atomic mass is 10.2. The van der Waals surface area contributed by atoms with Crippen molar-refractivity contribution in [1.29, 1.82) is 0 Å². The summed E-state index contributed by atoms with van der Waals surface area (Å²) in [6, 6.07) is 3.51. The Morgan fingerprint density at radius 3 is 2.57 bits per heavy atom. The van der Waals surface area contributed by atoms with Gasteiger partial charge in [-0.2, -0.15) is 0 Å². The Morgan fingerprint density at radius 2 is 1.90 bits per heavy atom. The molecule has 2 fully saturated rings. The van der Waals surface area contributed by atoms with Crippen molar-refractivity contribution in [1.82, 2.24) is 9.88 Å². The average Bonchev–Trinajstić information content (AvgIpc) is 3.02. The number of hydrogen-bond acceptors (Lipinski definition) is 4. The van der Waals surface area contributed by atoms with Crippen LogP contribution in [0.4, 0.5) is 5.69 Å². The molecule has 2 amide bonds. The molecule has 2 aliphatic rings. The van der Waals surface area contributed by atoms with Gasteiger partial charge in [-0.15, -0.1) is 0 Å². The maximum Gasteiger partial charge on any atom is 0.252 e. The number of pyridine rings is 1. The van der Waals surface area contributed by atoms with Crippen LogP contribution in [0.2, 0.25) is 0 Å². The minimum absolute atomic E-state index is 0.0397. The molecule has 1 saturated heterocycles. The van der Waals surface area contributed by atoms with Gasteiger partial charge in [-0.05, 0) is 38.8 Å². The van der Waals surface area contributed by atoms with Crippen LogP contribution in [0.25, 0.3) is 0 Å². The van der Waals surface area contributed by atoms with Gasteiger partial charge in [0.15, 0.2) is 0 Å². The predicted octanol–water partition coefficient (Wildman–Crippen LogP) is 2.18. The minimum atomic E-state index is -0.443. The number of carbonyl (C=O) groups excluding carboxylic acids is 2. The van der Waals surface area contributed by atoms with Crippen molar-refractivity contribution in [2.75, 3.05) is 5.32 Å². The van der Waals surface area contributed by atoms with Gasteiger partial charge >= 0.3 is 0 Å². The zero-order chi connectivity index (χ0) is 15.0. The molecule has 1 aromatic rings. The zero-order valence-electron chi connectivity index (χ0n) is 12.6. The fraction of sp³-hybridized carbons (Fsp3) is 0.562. The van der Waals surface area contributed by atoms with E-state index in [2.05, 4.69) is 10.3 Å². The lowest BCUT2D eigenvalue weighted by Gasteiger charge is -2.22. The van der Waals surface area contributed by atoms with E-state index >= 15 is 0 Å². The summed E-state index contributed by atoms with van der Waals surface area (Å²) < 4.78 is 0. The molecular weight excluding hydrogens is 266 g/mol. The molecule has 0 aromatic carbocycles. The second-order valence-corrected chi connectivity index (χ2v) is 6.03. The Kier molecular flexibility index (Phi) is 3.66. The first-order valence-corrected chi connectivity index (χ1v) is 7.63. The van der Waals surface area contributed by atoms with Gasteiger partial charge in [0.2, 0.25) is 5.91 Å². The first-order chi connectivity index (χ1) is 10.1. The van der Waals surface area contributed by atoms with Crippen LogP contribution in [0.5, 0.6) is 0 Å². The van der Waals surface area contributed by atoms with Crippen molar-refractivity contribution in [3.63, 3.8) is 0 Å². The van der Waals surface area contributed by atoms with Gasteiger partial charge < -0.3 is 5.32 Å². The molecule has 21 heavy (non-hydrogen) atoms. The van der Waals surface area contributed by atoms with Crippen LogP contribution in [-0.4, -0.2) is 33.8 Å². The molecule has 5 heteroatoms. The fourth-order valence-corrected chi connectivity index (χ4v) is 3.34. The standard InChI is InChI=1S/C16H21N3O2/c1-10-7-8-13(11(2)17-10)18-14-9-15(20)19(16(14)21)12-5-3-4-6-12/h7-8,12,14,18H,3-6,9H2,1-2H3. The van der Waals surface area contributed by atoms with Gasteiger partial charge in [0.25, 0.3) is 5.91 Å². The van der Waals surface area contributed by atoms with Crippen LogP contribution in [0.3, 0.4) is 0 Å². The molecule has 1 unspecified atom stereocenters. The molecule has 1 saturated carbocycles. The lowest BCUT2D eigenvalue weighted by molar-refractivity contribution is -0.141. The Balaban J connectivity index is 1.75. The van der Waals surface area contributed by atoms with Crippen LogP contribution in [0.1, 0.15) is 43.5 Å². The Bertz CT molecular complexity index is 579. The summed E-state index contributed by atoms with van der Waals surface area (Å²) in [7, 11) is 0. The molecule has 1 atom stereocenters. The quantitative estimate of drug-likeness (QED) is 0.866. The van der Waals surface area contributed by atoms with E-state index in [4.69, 9.17) is 0 Å². The highest BCUT2D eigenvalue weighted by Crippen LogP contribution is 2.29. The first-order valence-electron chi connectivity index (χ1n) is 7.63. The van der Waals surface area contributed by atoms with Gasteiger partial charge in [0.1, 0.15) is 6.04 Å². The number of rotatable bonds is 3. The number of nitrogens with zero attached hydrogens (tertiary/aromatic N) is 2. The molecule has 5 nitrogen and oxygen atoms in total. The largest absolute Gasteiger partial charge is 0.372 e. The Hall–Kier alpha value is -1.91. The van der Waals surface area contributed by atoms with Gasteiger partial charge in [-0.3, -0.25) is 19.5 Å². The maximum atomic E-state index is 12.5. The second-order valence-electron chi connectivity index (χ2n) is 6.03. The maximum absolute atomic E-state index is 12.5. The van der Waals surface area contributed by atoms with E-state index in [1.54, 1.807) is 0 Å². The van der Waals surface area contributed by atoms with E-state index in [-0.39, 0.29) is 24.3 Å². The zero-order valence-corrected chi connectivity index (χ0v) is 12.6. The van der Waals surface area contributed by atoms with Crippen LogP contribution >= 0.6 is 0 Å². The SMILES string of the molecule is Cc1ccc(NC2CC(=O)N(C3CCCC3)C2=O)c(C)n1. The van der Waals surface area contributed by atoms with E-state index in [1.807, 2.05) is 26.0 Å². The Morgan fingerprint density at radius 1 is 1.19 bits per heavy atom. The molecule has 1 N–H and O–H groups in total. The lowest BCUT2D eigenvalue weighted by Crippen LogP contribution is -2.41. The molecule has 0 spiro atoms. The number of anilines is 1. The topological polar surface area (TPSA) is 62.3 Å². The minimum Gasteiger partial charge on any atom is -0.372 e. The number of carbonyl (C=O) groups is 2. The normalized spacial score (nSPS) is 23.1. The van der Waals surface area contributed by atoms with Crippen molar-refractivity contribution >= 4 is 17.5 Å². The van der Waals surface area contributed by atoms with Crippen molar-refractivity contribution in [3.05, 3.63) is 23.5 Å². The predicted molar refractivity (Wildman–Crippen MR) is 79.8 cm³/mol. The van der Waals surface area contributed by atoms with E-state index in [0.29, 0.717) is 0 Å². The number of aromatic nitrogens is 1. The van der Waals surface area contributed by atoms with Crippen LogP contribution in [0, 0.1) is 13.8 Å². The molecule has 112 valence electrons. The molecule has 3 rings (SSSR count). The number of nitrogens with one attached hydrogen (secondary N) is 1. The number of likely N-dealkylation sites (tertiary alicyclic amines) is 1. The molecule has 0 bridgehead atoms. The summed E-state index contributed by atoms with van der Waals surface area (Å²) in [6.45, 7) is 3.84. The molecule has 1 aliphatic heterocycles. The number of amides is 2. The molecule has 2 heterocycles. The summed E-state index contributed by atoms with van der Waals surface area (Å²) in [4.78, 5) is 30.6. The summed E-state index contributed by atoms with van der Waals surface area (Å²) in [5.74, 6) is -0.117. The van der Waals surface area contributed by atoms with Crippen molar-refractivity contribution < 1.29 is 9.59 Å². The Labute approximate surface area is 124 Å². The molecular formula is C16H21N3O2. The van der Waals surface area contributed by atoms with Crippen molar-refractivity contribution in [2.24, 2.45) is 0 Å². The third kappa shape index (κ3) is 2.64. The van der Waals surface area contributed by atoms with Crippen molar-refractivity contribution in [2.45, 2.75) is 58.0 Å². The second kappa shape index (κ2) is 5.47. The number of aryl methyl sites for hydroxylation is 2. The van der Waals surface area contributed by atoms with E-state index in [0.717, 1.165) is 42.8 Å². The van der Waals surface area contributed by atoms with Gasteiger partial charge in [0.05, 0.1) is 17.8 Å². The third-order valence-electron chi connectivity index (χ3n) is 4.43. The molecule has 0 radical (unpaired) electrons. The summed E-state index contributed by atoms with van der Waals surface area (Å²) in [5, 5.41) is 3.20.